The van der Waals surface area contributed by atoms with Crippen LogP contribution in [0.1, 0.15) is 16.8 Å². The fourth-order valence-electron chi connectivity index (χ4n) is 2.10. The Morgan fingerprint density at radius 2 is 2.20 bits per heavy atom. The zero-order valence-electron chi connectivity index (χ0n) is 10.9. The van der Waals surface area contributed by atoms with E-state index in [0.29, 0.717) is 6.42 Å². The number of esters is 1. The molecule has 1 aliphatic rings. The first-order chi connectivity index (χ1) is 9.36. The molecule has 0 bridgehead atoms. The minimum atomic E-state index is -3.89. The number of benzene rings is 1. The molecule has 7 nitrogen and oxygen atoms in total. The number of sulfonamides is 1. The molecule has 0 amide bonds. The van der Waals surface area contributed by atoms with E-state index in [9.17, 15) is 18.3 Å². The largest absolute Gasteiger partial charge is 0.465 e. The summed E-state index contributed by atoms with van der Waals surface area (Å²) in [5, 5.41) is 9.47. The predicted octanol–water partition coefficient (Wildman–Crippen LogP) is -0.189. The summed E-state index contributed by atoms with van der Waals surface area (Å²) in [7, 11) is -2.71. The van der Waals surface area contributed by atoms with Crippen molar-refractivity contribution in [3.8, 4) is 0 Å². The van der Waals surface area contributed by atoms with Crippen LogP contribution in [-0.2, 0) is 14.8 Å². The number of hydrogen-bond acceptors (Lipinski definition) is 6. The molecule has 20 heavy (non-hydrogen) atoms. The Bertz CT molecular complexity index is 629. The molecule has 0 aliphatic carbocycles. The Morgan fingerprint density at radius 3 is 2.75 bits per heavy atom. The second-order valence-corrected chi connectivity index (χ2v) is 6.46. The molecule has 1 fully saturated rings. The average molecular weight is 300 g/mol. The zero-order chi connectivity index (χ0) is 14.9. The van der Waals surface area contributed by atoms with Crippen LogP contribution in [0.4, 0.5) is 5.69 Å². The maximum Gasteiger partial charge on any atom is 0.339 e. The molecule has 3 N–H and O–H groups in total. The Kier molecular flexibility index (Phi) is 3.98. The summed E-state index contributed by atoms with van der Waals surface area (Å²) in [5.41, 5.74) is 5.77. The van der Waals surface area contributed by atoms with Gasteiger partial charge >= 0.3 is 5.97 Å². The van der Waals surface area contributed by atoms with Crippen LogP contribution in [0.5, 0.6) is 0 Å². The van der Waals surface area contributed by atoms with E-state index in [1.165, 1.54) is 25.3 Å². The van der Waals surface area contributed by atoms with Crippen molar-refractivity contribution in [3.63, 3.8) is 0 Å². The number of ether oxygens (including phenoxy) is 1. The highest BCUT2D eigenvalue weighted by atomic mass is 32.2. The van der Waals surface area contributed by atoms with E-state index >= 15 is 0 Å². The monoisotopic (exact) mass is 300 g/mol. The normalized spacial score (nSPS) is 20.0. The van der Waals surface area contributed by atoms with Crippen LogP contribution >= 0.6 is 0 Å². The van der Waals surface area contributed by atoms with Crippen molar-refractivity contribution in [2.45, 2.75) is 17.4 Å². The van der Waals surface area contributed by atoms with Crippen LogP contribution in [0.3, 0.4) is 0 Å². The van der Waals surface area contributed by atoms with Crippen molar-refractivity contribution in [1.82, 2.24) is 4.31 Å². The number of anilines is 1. The second-order valence-electron chi connectivity index (χ2n) is 4.55. The highest BCUT2D eigenvalue weighted by Gasteiger charge is 2.34. The fourth-order valence-corrected chi connectivity index (χ4v) is 3.81. The molecule has 1 saturated heterocycles. The molecule has 8 heteroatoms. The Labute approximate surface area is 117 Å². The number of rotatable bonds is 3. The first-order valence-electron chi connectivity index (χ1n) is 6.02. The van der Waals surface area contributed by atoms with E-state index in [1.807, 2.05) is 0 Å². The molecule has 0 radical (unpaired) electrons. The molecule has 0 saturated carbocycles. The molecular formula is C12H16N2O5S. The van der Waals surface area contributed by atoms with Crippen molar-refractivity contribution >= 4 is 21.7 Å². The number of carbonyl (C=O) groups is 1. The summed E-state index contributed by atoms with van der Waals surface area (Å²) in [6.45, 7) is 0.219. The molecule has 0 aromatic heterocycles. The second kappa shape index (κ2) is 5.39. The number of β-amino-alcohol motifs (C(OH)–C–C–N with tert-alkyl or cyclic N) is 1. The predicted molar refractivity (Wildman–Crippen MR) is 71.6 cm³/mol. The highest BCUT2D eigenvalue weighted by molar-refractivity contribution is 7.89. The number of nitrogens with zero attached hydrogens (tertiary/aromatic N) is 1. The summed E-state index contributed by atoms with van der Waals surface area (Å²) < 4.78 is 30.8. The minimum Gasteiger partial charge on any atom is -0.465 e. The molecule has 1 unspecified atom stereocenters. The summed E-state index contributed by atoms with van der Waals surface area (Å²) in [6, 6.07) is 3.98. The van der Waals surface area contributed by atoms with Crippen LogP contribution < -0.4 is 5.73 Å². The van der Waals surface area contributed by atoms with E-state index < -0.39 is 22.1 Å². The van der Waals surface area contributed by atoms with Gasteiger partial charge in [-0.25, -0.2) is 13.2 Å². The van der Waals surface area contributed by atoms with E-state index in [0.717, 1.165) is 4.31 Å². The van der Waals surface area contributed by atoms with Crippen molar-refractivity contribution < 1.29 is 23.1 Å². The van der Waals surface area contributed by atoms with Gasteiger partial charge in [0.2, 0.25) is 10.0 Å². The smallest absolute Gasteiger partial charge is 0.339 e. The van der Waals surface area contributed by atoms with Gasteiger partial charge in [-0.15, -0.1) is 0 Å². The van der Waals surface area contributed by atoms with Crippen molar-refractivity contribution in [1.29, 1.82) is 0 Å². The lowest BCUT2D eigenvalue weighted by Gasteiger charge is -2.18. The number of aliphatic hydroxyl groups excluding tert-OH is 1. The van der Waals surface area contributed by atoms with E-state index in [-0.39, 0.29) is 29.2 Å². The molecule has 1 heterocycles. The lowest BCUT2D eigenvalue weighted by molar-refractivity contribution is 0.0596. The van der Waals surface area contributed by atoms with Gasteiger partial charge in [-0.1, -0.05) is 0 Å². The SMILES string of the molecule is COC(=O)c1ccc(N)cc1S(=O)(=O)N1CCC(O)C1. The molecule has 0 spiro atoms. The van der Waals surface area contributed by atoms with Gasteiger partial charge in [0.1, 0.15) is 0 Å². The van der Waals surface area contributed by atoms with Gasteiger partial charge in [0.15, 0.2) is 0 Å². The van der Waals surface area contributed by atoms with Crippen LogP contribution in [0.15, 0.2) is 23.1 Å². The van der Waals surface area contributed by atoms with Gasteiger partial charge < -0.3 is 15.6 Å². The molecule has 1 aliphatic heterocycles. The fraction of sp³-hybridized carbons (Fsp3) is 0.417. The lowest BCUT2D eigenvalue weighted by Crippen LogP contribution is -2.31. The average Bonchev–Trinajstić information content (AvgIpc) is 2.85. The molecule has 2 rings (SSSR count). The Hall–Kier alpha value is -1.64. The molecule has 110 valence electrons. The molecule has 1 aromatic carbocycles. The number of hydrogen-bond donors (Lipinski definition) is 2. The van der Waals surface area contributed by atoms with E-state index in [2.05, 4.69) is 4.74 Å². The third-order valence-electron chi connectivity index (χ3n) is 3.15. The summed E-state index contributed by atoms with van der Waals surface area (Å²) in [5.74, 6) is -0.747. The number of carbonyl (C=O) groups excluding carboxylic acids is 1. The van der Waals surface area contributed by atoms with Gasteiger partial charge in [-0.3, -0.25) is 0 Å². The van der Waals surface area contributed by atoms with Crippen LogP contribution in [0, 0.1) is 0 Å². The molecule has 1 aromatic rings. The summed E-state index contributed by atoms with van der Waals surface area (Å²) >= 11 is 0. The van der Waals surface area contributed by atoms with Crippen LogP contribution in [0.25, 0.3) is 0 Å². The van der Waals surface area contributed by atoms with Crippen LogP contribution in [-0.4, -0.2) is 50.1 Å². The zero-order valence-corrected chi connectivity index (χ0v) is 11.8. The first-order valence-corrected chi connectivity index (χ1v) is 7.46. The number of nitrogens with two attached hydrogens (primary N) is 1. The molecule has 1 atom stereocenters. The lowest BCUT2D eigenvalue weighted by atomic mass is 10.2. The third kappa shape index (κ3) is 2.62. The first kappa shape index (κ1) is 14.8. The van der Waals surface area contributed by atoms with Gasteiger partial charge in [-0.2, -0.15) is 4.31 Å². The van der Waals surface area contributed by atoms with Crippen molar-refractivity contribution in [2.24, 2.45) is 0 Å². The maximum absolute atomic E-state index is 12.5. The van der Waals surface area contributed by atoms with E-state index in [1.54, 1.807) is 0 Å². The highest BCUT2D eigenvalue weighted by Crippen LogP contribution is 2.26. The standard InChI is InChI=1S/C12H16N2O5S/c1-19-12(16)10-3-2-8(13)6-11(10)20(17,18)14-5-4-9(15)7-14/h2-3,6,9,15H,4-5,7,13H2,1H3. The van der Waals surface area contributed by atoms with Gasteiger partial charge in [0.25, 0.3) is 0 Å². The summed E-state index contributed by atoms with van der Waals surface area (Å²) in [6.07, 6.45) is -0.317. The van der Waals surface area contributed by atoms with E-state index in [4.69, 9.17) is 5.73 Å². The van der Waals surface area contributed by atoms with Crippen molar-refractivity contribution in [3.05, 3.63) is 23.8 Å². The minimum absolute atomic E-state index is 0.0117. The van der Waals surface area contributed by atoms with Gasteiger partial charge in [0.05, 0.1) is 23.7 Å². The Morgan fingerprint density at radius 1 is 1.50 bits per heavy atom. The number of nitrogen functional groups attached to an aromatic ring is 1. The Balaban J connectivity index is 2.50. The van der Waals surface area contributed by atoms with Crippen LogP contribution in [0.2, 0.25) is 0 Å². The van der Waals surface area contributed by atoms with Gasteiger partial charge in [0, 0.05) is 18.8 Å². The number of methoxy groups -OCH3 is 1. The maximum atomic E-state index is 12.5. The quantitative estimate of drug-likeness (QED) is 0.591. The third-order valence-corrected chi connectivity index (χ3v) is 5.06. The van der Waals surface area contributed by atoms with Gasteiger partial charge in [-0.05, 0) is 24.6 Å². The topological polar surface area (TPSA) is 110 Å². The molecular weight excluding hydrogens is 284 g/mol. The van der Waals surface area contributed by atoms with Crippen molar-refractivity contribution in [2.75, 3.05) is 25.9 Å². The number of aliphatic hydroxyl groups is 1. The summed E-state index contributed by atoms with van der Waals surface area (Å²) in [4.78, 5) is 11.5.